The fraction of sp³-hybridized carbons (Fsp3) is 0.673. The Balaban J connectivity index is 1.72. The molecule has 31 heteroatoms. The number of benzene rings is 1. The molecule has 2 saturated heterocycles. The number of nitrogens with zero attached hydrogens (tertiary/aromatic N) is 2. The lowest BCUT2D eigenvalue weighted by Gasteiger charge is -2.32. The number of carboxylic acid groups (broad SMARTS) is 1. The number of hydrogen-bond donors (Lipinski definition) is 17. The summed E-state index contributed by atoms with van der Waals surface area (Å²) in [6, 6.07) is -9.01. The second kappa shape index (κ2) is 37.0. The van der Waals surface area contributed by atoms with Gasteiger partial charge in [0.2, 0.25) is 65.0 Å². The first-order chi connectivity index (χ1) is 40.7. The third kappa shape index (κ3) is 23.1. The van der Waals surface area contributed by atoms with Crippen molar-refractivity contribution in [3.63, 3.8) is 0 Å². The predicted molar refractivity (Wildman–Crippen MR) is 321 cm³/mol. The van der Waals surface area contributed by atoms with E-state index in [0.29, 0.717) is 44.1 Å². The monoisotopic (exact) mass is 1250 g/mol. The normalized spacial score (nSPS) is 18.3. The molecule has 18 N–H and O–H groups in total. The van der Waals surface area contributed by atoms with Gasteiger partial charge in [0.25, 0.3) is 0 Å². The minimum Gasteiger partial charge on any atom is -0.508 e. The van der Waals surface area contributed by atoms with Gasteiger partial charge in [0.1, 0.15) is 72.2 Å². The van der Waals surface area contributed by atoms with Crippen LogP contribution in [-0.2, 0) is 64.0 Å². The van der Waals surface area contributed by atoms with Crippen LogP contribution < -0.4 is 65.1 Å². The number of unbranched alkanes of at least 4 members (excludes halogenated alkanes) is 2. The summed E-state index contributed by atoms with van der Waals surface area (Å²) >= 11 is 7.95. The number of phenolic OH excluding ortho intramolecular Hbond substituents is 1. The summed E-state index contributed by atoms with van der Waals surface area (Å²) in [6.45, 7) is 7.76. The molecule has 1 aromatic rings. The van der Waals surface area contributed by atoms with E-state index in [1.54, 1.807) is 0 Å². The van der Waals surface area contributed by atoms with Gasteiger partial charge in [0.05, 0.1) is 12.6 Å². The van der Waals surface area contributed by atoms with Crippen LogP contribution >= 0.6 is 25.3 Å². The van der Waals surface area contributed by atoms with Crippen LogP contribution in [0.15, 0.2) is 24.3 Å². The van der Waals surface area contributed by atoms with Crippen LogP contribution in [0.25, 0.3) is 0 Å². The Hall–Kier alpha value is -6.80. The van der Waals surface area contributed by atoms with Crippen LogP contribution in [0.5, 0.6) is 5.75 Å². The van der Waals surface area contributed by atoms with Gasteiger partial charge in [-0.15, -0.1) is 0 Å². The first-order valence-corrected chi connectivity index (χ1v) is 30.3. The zero-order valence-electron chi connectivity index (χ0n) is 49.5. The van der Waals surface area contributed by atoms with Crippen LogP contribution in [0.4, 0.5) is 0 Å². The zero-order chi connectivity index (χ0) is 64.4. The number of rotatable bonds is 36. The van der Waals surface area contributed by atoms with Gasteiger partial charge in [-0.25, -0.2) is 4.79 Å². The molecule has 2 aliphatic heterocycles. The minimum absolute atomic E-state index is 0.0400. The molecule has 2 fully saturated rings. The number of phenols is 1. The summed E-state index contributed by atoms with van der Waals surface area (Å²) in [4.78, 5) is 165. The number of carboxylic acids is 1. The van der Waals surface area contributed by atoms with Crippen molar-refractivity contribution in [2.45, 2.75) is 184 Å². The Morgan fingerprint density at radius 2 is 0.977 bits per heavy atom. The number of thiol groups is 2. The van der Waals surface area contributed by atoms with Crippen LogP contribution in [0.3, 0.4) is 0 Å². The molecule has 0 aliphatic carbocycles. The third-order valence-corrected chi connectivity index (χ3v) is 15.3. The molecule has 0 spiro atoms. The summed E-state index contributed by atoms with van der Waals surface area (Å²) in [5.41, 5.74) is 17.7. The number of carbonyl (C=O) groups is 12. The highest BCUT2D eigenvalue weighted by Crippen LogP contribution is 2.23. The van der Waals surface area contributed by atoms with Gasteiger partial charge in [-0.1, -0.05) is 26.0 Å². The number of aliphatic hydroxyl groups excluding tert-OH is 1. The number of carbonyl (C=O) groups excluding carboxylic acids is 11. The summed E-state index contributed by atoms with van der Waals surface area (Å²) in [5.74, 6) is -10.0. The molecule has 2 heterocycles. The maximum atomic E-state index is 14.5. The highest BCUT2D eigenvalue weighted by Gasteiger charge is 2.42. The van der Waals surface area contributed by atoms with E-state index in [-0.39, 0.29) is 87.9 Å². The van der Waals surface area contributed by atoms with E-state index in [2.05, 4.69) is 73.1 Å². The molecule has 1 aromatic carbocycles. The molecule has 0 unspecified atom stereocenters. The molecule has 482 valence electrons. The van der Waals surface area contributed by atoms with Crippen LogP contribution in [0, 0.1) is 5.92 Å². The average molecular weight is 1250 g/mol. The van der Waals surface area contributed by atoms with E-state index in [0.717, 1.165) is 0 Å². The van der Waals surface area contributed by atoms with Crippen molar-refractivity contribution in [1.29, 1.82) is 0 Å². The number of nitrogens with two attached hydrogens (primary N) is 3. The number of aliphatic hydroxyl groups is 1. The summed E-state index contributed by atoms with van der Waals surface area (Å²) < 4.78 is 0. The number of nitrogens with one attached hydrogen (secondary N) is 9. The zero-order valence-corrected chi connectivity index (χ0v) is 51.3. The van der Waals surface area contributed by atoms with Crippen molar-refractivity contribution in [2.24, 2.45) is 23.1 Å². The average Bonchev–Trinajstić information content (AvgIpc) is 4.18. The van der Waals surface area contributed by atoms with E-state index in [4.69, 9.17) is 17.2 Å². The lowest BCUT2D eigenvalue weighted by molar-refractivity contribution is -0.143. The minimum atomic E-state index is -1.46. The molecule has 12 atom stereocenters. The molecule has 29 nitrogen and oxygen atoms in total. The quantitative estimate of drug-likeness (QED) is 0.0224. The Morgan fingerprint density at radius 3 is 1.50 bits per heavy atom. The molecule has 86 heavy (non-hydrogen) atoms. The Morgan fingerprint density at radius 1 is 0.535 bits per heavy atom. The van der Waals surface area contributed by atoms with Gasteiger partial charge < -0.3 is 90.2 Å². The highest BCUT2D eigenvalue weighted by atomic mass is 32.1. The van der Waals surface area contributed by atoms with E-state index < -0.39 is 150 Å². The second-order valence-electron chi connectivity index (χ2n) is 22.0. The maximum Gasteiger partial charge on any atom is 0.327 e. The Bertz CT molecular complexity index is 2500. The number of aliphatic carboxylic acids is 1. The second-order valence-corrected chi connectivity index (χ2v) is 22.7. The molecule has 0 aromatic heterocycles. The lowest BCUT2D eigenvalue weighted by Crippen LogP contribution is -2.60. The van der Waals surface area contributed by atoms with Crippen molar-refractivity contribution in [3.05, 3.63) is 29.8 Å². The van der Waals surface area contributed by atoms with Gasteiger partial charge >= 0.3 is 5.97 Å². The largest absolute Gasteiger partial charge is 0.508 e. The first kappa shape index (κ1) is 73.5. The Labute approximate surface area is 511 Å². The predicted octanol–water partition coefficient (Wildman–Crippen LogP) is -4.09. The summed E-state index contributed by atoms with van der Waals surface area (Å²) in [5, 5.41) is 52.1. The topological polar surface area (TPSA) is 458 Å². The van der Waals surface area contributed by atoms with Crippen molar-refractivity contribution in [1.82, 2.24) is 57.7 Å². The first-order valence-electron chi connectivity index (χ1n) is 29.0. The highest BCUT2D eigenvalue weighted by molar-refractivity contribution is 7.80. The van der Waals surface area contributed by atoms with Crippen LogP contribution in [0.2, 0.25) is 0 Å². The van der Waals surface area contributed by atoms with Gasteiger partial charge in [-0.2, -0.15) is 25.3 Å². The molecule has 3 rings (SSSR count). The lowest BCUT2D eigenvalue weighted by atomic mass is 10.0. The van der Waals surface area contributed by atoms with Crippen molar-refractivity contribution in [3.8, 4) is 5.75 Å². The van der Waals surface area contributed by atoms with Crippen molar-refractivity contribution < 1.29 is 72.9 Å². The van der Waals surface area contributed by atoms with E-state index in [1.807, 2.05) is 13.8 Å². The van der Waals surface area contributed by atoms with E-state index in [9.17, 15) is 72.9 Å². The summed E-state index contributed by atoms with van der Waals surface area (Å²) in [7, 11) is 0. The summed E-state index contributed by atoms with van der Waals surface area (Å²) in [6.07, 6.45) is 3.13. The molecule has 0 bridgehead atoms. The molecule has 11 amide bonds. The van der Waals surface area contributed by atoms with E-state index >= 15 is 0 Å². The molecule has 2 aliphatic rings. The molecular weight excluding hydrogens is 1160 g/mol. The fourth-order valence-corrected chi connectivity index (χ4v) is 10.0. The molecular formula is C55H90N14O15S2. The Kier molecular flexibility index (Phi) is 31.6. The smallest absolute Gasteiger partial charge is 0.327 e. The van der Waals surface area contributed by atoms with Crippen molar-refractivity contribution >= 4 is 96.2 Å². The van der Waals surface area contributed by atoms with Crippen LogP contribution in [-0.4, -0.2) is 213 Å². The van der Waals surface area contributed by atoms with Crippen molar-refractivity contribution in [2.75, 3.05) is 44.3 Å². The van der Waals surface area contributed by atoms with Gasteiger partial charge in [0, 0.05) is 31.0 Å². The number of hydrogen-bond acceptors (Lipinski definition) is 19. The maximum absolute atomic E-state index is 14.5. The number of amides is 11. The fourth-order valence-electron chi connectivity index (χ4n) is 9.63. The molecule has 0 saturated carbocycles. The van der Waals surface area contributed by atoms with Gasteiger partial charge in [-0.05, 0) is 128 Å². The van der Waals surface area contributed by atoms with Gasteiger partial charge in [0.15, 0.2) is 0 Å². The number of likely N-dealkylation sites (tertiary alicyclic amines) is 2. The van der Waals surface area contributed by atoms with Gasteiger partial charge in [-0.3, -0.25) is 52.7 Å². The molecule has 0 radical (unpaired) electrons. The van der Waals surface area contributed by atoms with Crippen LogP contribution in [0.1, 0.15) is 111 Å². The third-order valence-electron chi connectivity index (χ3n) is 14.5. The SMILES string of the molecule is CC(C)C[C@H](NC(=O)[C@H](CCCCN)NC(=O)[C@@H]1CCCN1C(=O)[C@H](C)NC(=O)[C@H](CCCCN)NC(=O)[C@H](CO)NC(=O)[C@@H](N)CS)C(=O)N1CCC[C@H]1C(=O)N[C@@H](C)C(=O)N[C@@H](C)C(=O)N[C@@H](Cc1ccc(O)cc1)C(=O)N[C@@H](CS)C(=O)O. The standard InChI is InChI=1S/C55H90N14O15S2/c1-29(2)24-39(54(82)69-23-11-14-42(69)51(79)60-30(3)44(72)59-31(4)45(73)64-38(25-33-16-18-34(71)19-17-33)49(77)67-41(28-86)55(83)84)65-48(76)37(13-7-9-21-57)63-52(80)43-15-10-22-68(43)53(81)32(5)61-47(75)36(12-6-8-20-56)62-50(78)40(26-70)66-46(74)35(58)27-85/h16-19,29-32,35-43,70-71,85-86H,6-15,20-28,56-58H2,1-5H3,(H,59,72)(H,60,79)(H,61,75)(H,62,78)(H,63,80)(H,64,73)(H,65,76)(H,66,74)(H,67,77)(H,83,84)/t30-,31-,32-,35-,36-,37-,38-,39-,40-,41-,42-,43-/m0/s1. The number of aromatic hydroxyl groups is 1. The van der Waals surface area contributed by atoms with E-state index in [1.165, 1.54) is 54.8 Å².